The van der Waals surface area contributed by atoms with Gasteiger partial charge in [0.2, 0.25) is 0 Å². The number of aromatic carboxylic acids is 1. The number of hydrogen-bond acceptors (Lipinski definition) is 3. The number of nitrogens with zero attached hydrogens (tertiary/aromatic N) is 2. The topological polar surface area (TPSA) is 64.3 Å². The Morgan fingerprint density at radius 1 is 1.69 bits per heavy atom. The molecule has 0 aliphatic carbocycles. The van der Waals surface area contributed by atoms with Crippen LogP contribution in [-0.4, -0.2) is 33.6 Å². The minimum atomic E-state index is -0.926. The number of carboxylic acid groups (broad SMARTS) is 1. The van der Waals surface area contributed by atoms with E-state index in [1.165, 1.54) is 6.20 Å². The Hall–Kier alpha value is -1.36. The van der Waals surface area contributed by atoms with Crippen LogP contribution in [0.3, 0.4) is 0 Å². The molecule has 2 heterocycles. The highest BCUT2D eigenvalue weighted by atomic mass is 16.5. The molecule has 5 nitrogen and oxygen atoms in total. The number of rotatable bonds is 5. The predicted octanol–water partition coefficient (Wildman–Crippen LogP) is 1.54. The molecule has 1 saturated heterocycles. The van der Waals surface area contributed by atoms with Crippen LogP contribution in [0.1, 0.15) is 36.0 Å². The van der Waals surface area contributed by atoms with Crippen LogP contribution in [0.25, 0.3) is 0 Å². The average Bonchev–Trinajstić information content (AvgIpc) is 2.87. The zero-order valence-corrected chi connectivity index (χ0v) is 9.13. The Balaban J connectivity index is 1.74. The lowest BCUT2D eigenvalue weighted by atomic mass is 10.1. The molecule has 1 aliphatic rings. The fraction of sp³-hybridized carbons (Fsp3) is 0.636. The first-order chi connectivity index (χ1) is 7.75. The number of ether oxygens (including phenoxy) is 1. The van der Waals surface area contributed by atoms with E-state index in [9.17, 15) is 4.79 Å². The van der Waals surface area contributed by atoms with E-state index in [1.54, 1.807) is 10.9 Å². The maximum absolute atomic E-state index is 10.6. The van der Waals surface area contributed by atoms with Crippen molar-refractivity contribution in [2.75, 3.05) is 6.61 Å². The van der Waals surface area contributed by atoms with Gasteiger partial charge in [0.15, 0.2) is 0 Å². The van der Waals surface area contributed by atoms with Gasteiger partial charge in [0, 0.05) is 19.3 Å². The summed E-state index contributed by atoms with van der Waals surface area (Å²) < 4.78 is 7.19. The standard InChI is InChI=1S/C11H16N2O3/c14-11(15)9-7-12-13(8-9)5-1-3-10-4-2-6-16-10/h7-8,10H,1-6H2,(H,14,15). The summed E-state index contributed by atoms with van der Waals surface area (Å²) in [5.41, 5.74) is 0.247. The van der Waals surface area contributed by atoms with Gasteiger partial charge in [-0.1, -0.05) is 0 Å². The van der Waals surface area contributed by atoms with Crippen molar-refractivity contribution in [3.05, 3.63) is 18.0 Å². The van der Waals surface area contributed by atoms with Crippen LogP contribution in [0.15, 0.2) is 12.4 Å². The Kier molecular flexibility index (Phi) is 3.56. The molecule has 0 radical (unpaired) electrons. The van der Waals surface area contributed by atoms with Gasteiger partial charge in [0.25, 0.3) is 0 Å². The molecule has 0 bridgehead atoms. The predicted molar refractivity (Wildman–Crippen MR) is 57.4 cm³/mol. The van der Waals surface area contributed by atoms with Crippen molar-refractivity contribution in [2.45, 2.75) is 38.3 Å². The summed E-state index contributed by atoms with van der Waals surface area (Å²) in [5, 5.41) is 12.7. The lowest BCUT2D eigenvalue weighted by molar-refractivity contribution is 0.0696. The molecule has 5 heteroatoms. The number of hydrogen-bond donors (Lipinski definition) is 1. The SMILES string of the molecule is O=C(O)c1cnn(CCCC2CCCO2)c1. The Bertz CT molecular complexity index is 356. The summed E-state index contributed by atoms with van der Waals surface area (Å²) >= 11 is 0. The lowest BCUT2D eigenvalue weighted by Gasteiger charge is -2.08. The number of carboxylic acids is 1. The molecule has 88 valence electrons. The van der Waals surface area contributed by atoms with Gasteiger partial charge < -0.3 is 9.84 Å². The highest BCUT2D eigenvalue weighted by molar-refractivity contribution is 5.86. The smallest absolute Gasteiger partial charge is 0.338 e. The summed E-state index contributed by atoms with van der Waals surface area (Å²) in [6.45, 7) is 1.64. The maximum atomic E-state index is 10.6. The number of aromatic nitrogens is 2. The summed E-state index contributed by atoms with van der Waals surface area (Å²) in [5.74, 6) is -0.926. The molecule has 0 spiro atoms. The molecule has 0 aromatic carbocycles. The molecule has 1 fully saturated rings. The van der Waals surface area contributed by atoms with E-state index in [4.69, 9.17) is 9.84 Å². The first-order valence-electron chi connectivity index (χ1n) is 5.63. The molecule has 0 saturated carbocycles. The molecule has 1 N–H and O–H groups in total. The maximum Gasteiger partial charge on any atom is 0.338 e. The molecule has 2 rings (SSSR count). The molecule has 16 heavy (non-hydrogen) atoms. The Morgan fingerprint density at radius 3 is 3.19 bits per heavy atom. The molecular weight excluding hydrogens is 208 g/mol. The van der Waals surface area contributed by atoms with E-state index in [-0.39, 0.29) is 5.56 Å². The van der Waals surface area contributed by atoms with Crippen LogP contribution in [0.5, 0.6) is 0 Å². The summed E-state index contributed by atoms with van der Waals surface area (Å²) in [7, 11) is 0. The minimum absolute atomic E-state index is 0.247. The highest BCUT2D eigenvalue weighted by Gasteiger charge is 2.14. The Morgan fingerprint density at radius 2 is 2.56 bits per heavy atom. The summed E-state index contributed by atoms with van der Waals surface area (Å²) in [4.78, 5) is 10.6. The van der Waals surface area contributed by atoms with Crippen molar-refractivity contribution >= 4 is 5.97 Å². The molecule has 1 aliphatic heterocycles. The van der Waals surface area contributed by atoms with E-state index in [2.05, 4.69) is 5.10 Å². The van der Waals surface area contributed by atoms with E-state index in [1.807, 2.05) is 0 Å². The first kappa shape index (κ1) is 11.1. The normalized spacial score (nSPS) is 20.1. The Labute approximate surface area is 94.0 Å². The zero-order valence-electron chi connectivity index (χ0n) is 9.13. The van der Waals surface area contributed by atoms with Gasteiger partial charge in [-0.25, -0.2) is 4.79 Å². The number of carbonyl (C=O) groups is 1. The van der Waals surface area contributed by atoms with Crippen LogP contribution in [-0.2, 0) is 11.3 Å². The molecule has 1 atom stereocenters. The van der Waals surface area contributed by atoms with Crippen molar-refractivity contribution in [3.8, 4) is 0 Å². The van der Waals surface area contributed by atoms with Gasteiger partial charge in [-0.2, -0.15) is 5.10 Å². The van der Waals surface area contributed by atoms with Gasteiger partial charge in [0.05, 0.1) is 17.9 Å². The second kappa shape index (κ2) is 5.12. The fourth-order valence-corrected chi connectivity index (χ4v) is 1.95. The van der Waals surface area contributed by atoms with Crippen LogP contribution < -0.4 is 0 Å². The fourth-order valence-electron chi connectivity index (χ4n) is 1.95. The highest BCUT2D eigenvalue weighted by Crippen LogP contribution is 2.17. The molecular formula is C11H16N2O3. The molecule has 1 aromatic rings. The molecule has 1 aromatic heterocycles. The van der Waals surface area contributed by atoms with Crippen molar-refractivity contribution in [1.82, 2.24) is 9.78 Å². The minimum Gasteiger partial charge on any atom is -0.478 e. The largest absolute Gasteiger partial charge is 0.478 e. The second-order valence-electron chi connectivity index (χ2n) is 4.07. The zero-order chi connectivity index (χ0) is 11.4. The quantitative estimate of drug-likeness (QED) is 0.824. The van der Waals surface area contributed by atoms with Gasteiger partial charge in [-0.05, 0) is 25.7 Å². The number of aryl methyl sites for hydroxylation is 1. The third kappa shape index (κ3) is 2.82. The van der Waals surface area contributed by atoms with Crippen molar-refractivity contribution in [2.24, 2.45) is 0 Å². The van der Waals surface area contributed by atoms with Gasteiger partial charge in [-0.15, -0.1) is 0 Å². The average molecular weight is 224 g/mol. The summed E-state index contributed by atoms with van der Waals surface area (Å²) in [6.07, 6.45) is 7.67. The van der Waals surface area contributed by atoms with E-state index in [0.717, 1.165) is 38.8 Å². The van der Waals surface area contributed by atoms with E-state index in [0.29, 0.717) is 6.10 Å². The monoisotopic (exact) mass is 224 g/mol. The van der Waals surface area contributed by atoms with E-state index >= 15 is 0 Å². The van der Waals surface area contributed by atoms with Crippen LogP contribution in [0.2, 0.25) is 0 Å². The van der Waals surface area contributed by atoms with Crippen LogP contribution in [0.4, 0.5) is 0 Å². The van der Waals surface area contributed by atoms with Gasteiger partial charge in [0.1, 0.15) is 0 Å². The van der Waals surface area contributed by atoms with Crippen molar-refractivity contribution in [3.63, 3.8) is 0 Å². The first-order valence-corrected chi connectivity index (χ1v) is 5.63. The third-order valence-electron chi connectivity index (χ3n) is 2.82. The van der Waals surface area contributed by atoms with Gasteiger partial charge >= 0.3 is 5.97 Å². The van der Waals surface area contributed by atoms with Crippen molar-refractivity contribution < 1.29 is 14.6 Å². The molecule has 1 unspecified atom stereocenters. The van der Waals surface area contributed by atoms with E-state index < -0.39 is 5.97 Å². The summed E-state index contributed by atoms with van der Waals surface area (Å²) in [6, 6.07) is 0. The molecule has 0 amide bonds. The van der Waals surface area contributed by atoms with Crippen LogP contribution in [0, 0.1) is 0 Å². The van der Waals surface area contributed by atoms with Crippen LogP contribution >= 0.6 is 0 Å². The third-order valence-corrected chi connectivity index (χ3v) is 2.82. The van der Waals surface area contributed by atoms with Crippen molar-refractivity contribution in [1.29, 1.82) is 0 Å². The van der Waals surface area contributed by atoms with Gasteiger partial charge in [-0.3, -0.25) is 4.68 Å². The second-order valence-corrected chi connectivity index (χ2v) is 4.07. The lowest BCUT2D eigenvalue weighted by Crippen LogP contribution is -2.07.